The molecule has 9 aliphatic rings. The van der Waals surface area contributed by atoms with Gasteiger partial charge in [0.2, 0.25) is 0 Å². The van der Waals surface area contributed by atoms with Crippen molar-refractivity contribution >= 4 is 115 Å². The number of imide groups is 4. The van der Waals surface area contributed by atoms with Crippen molar-refractivity contribution in [3.8, 4) is 67.5 Å². The minimum atomic E-state index is -1.40. The van der Waals surface area contributed by atoms with E-state index in [2.05, 4.69) is 124 Å². The SMILES string of the molecule is COc1ccc2c(c1)C(=O)N(C[C@@]1(c3ccc(-c4cc(C)c5[nH]ncc5c4)cc3)NC(=O)NC1=O)C2.COc1ccc2c(c1)C(=O)N(C[C@@]1(c3ccc(-c4cc(C)c5nc[nH]c5c4)cc3)NC(=O)NC1=O)C2.COc1ccc2c(c1)C(=O)N(C[C@@]1(c3ccc(-c4ccc5c(cnn5C(C)C)c4)cc3)NC(=O)NC1=O)C2.COc1ccc2c(c1)C(=O)N(C[C@@]1(c3ccc(-c4ccc5nn(CC6CC6)cc5c4)cc3)NC(=O)NC1=O)C2. The Balaban J connectivity index is 0.000000113. The molecule has 0 radical (unpaired) electrons. The monoisotopic (exact) mass is 1990 g/mol. The molecule has 0 bridgehead atoms. The predicted octanol–water partition coefficient (Wildman–Crippen LogP) is 14.3. The Kier molecular flexibility index (Phi) is 24.0. The van der Waals surface area contributed by atoms with E-state index in [1.807, 2.05) is 181 Å². The Bertz CT molecular complexity index is 8060. The first-order valence-corrected chi connectivity index (χ1v) is 48.6. The minimum absolute atomic E-state index is 0.0000942. The molecule has 0 unspecified atom stereocenters. The quantitative estimate of drug-likeness (QED) is 0.0266. The standard InChI is InChI=1S/C30H27N5O4.C29H27N5O4.2C27H23N5O4/c1-39-24-10-6-21-15-34(27(36)25(21)13-24)17-30(28(37)31-29(38)32-30)23-8-4-19(5-9-23)20-7-11-26-22(12-20)16-35(33-26)14-18-2-3-18;1-17(2)34-25-11-7-19(12-21(25)14-30-34)18-4-8-22(9-5-18)29(27(36)31-28(37)32-29)16-33-15-20-6-10-23(38-3)13-24(20)26(33)35;1-15-9-18(10-19-12-28-31-23(15)19)16-3-6-20(7-4-16)27(25(34)29-26(35)30-27)14-32-13-17-5-8-21(36-2)11-22(17)24(32)33;1-15-9-18(10-22-23(15)29-14-28-22)16-3-6-19(7-4-16)27(25(34)30-26(35)31-27)13-32-12-17-5-8-20(36-2)11-21(17)24(32)33/h4-13,16,18H,2-3,14-15,17H2,1H3,(H2,31,32,37,38);4-14,17H,15-16H2,1-3H3,(H2,31,32,36,37);3-12H,13-14H2,1-2H3,(H,28,31)(H2,29,30,34,35);3-11,14H,12-13H2,1-2H3,(H,28,29)(H2,30,31,34,35)/t30-;29-;2*27-/m0000/s1. The first kappa shape index (κ1) is 95.2. The predicted molar refractivity (Wildman–Crippen MR) is 550 cm³/mol. The Morgan fingerprint density at radius 3 is 1.10 bits per heavy atom. The fraction of sp³-hybridized carbons (Fsp3) is 0.221. The van der Waals surface area contributed by atoms with Crippen LogP contribution in [-0.2, 0) is 74.1 Å². The molecule has 25 rings (SSSR count). The van der Waals surface area contributed by atoms with Gasteiger partial charge < -0.3 is 64.8 Å². The Morgan fingerprint density at radius 2 is 0.732 bits per heavy atom. The molecule has 12 aromatic carbocycles. The second kappa shape index (κ2) is 37.5. The molecular weight excluding hydrogens is 1890 g/mol. The van der Waals surface area contributed by atoms with E-state index in [1.54, 1.807) is 103 Å². The van der Waals surface area contributed by atoms with Crippen molar-refractivity contribution in [1.82, 2.24) is 102 Å². The van der Waals surface area contributed by atoms with Gasteiger partial charge in [-0.3, -0.25) is 74.1 Å². The third-order valence-corrected chi connectivity index (χ3v) is 29.3. The van der Waals surface area contributed by atoms with Crippen molar-refractivity contribution in [3.05, 3.63) is 333 Å². The number of aromatic nitrogens is 8. The van der Waals surface area contributed by atoms with Crippen LogP contribution < -0.4 is 61.5 Å². The van der Waals surface area contributed by atoms with Crippen LogP contribution in [-0.4, -0.2) is 185 Å². The van der Waals surface area contributed by atoms with Gasteiger partial charge in [-0.05, 0) is 244 Å². The lowest BCUT2D eigenvalue weighted by molar-refractivity contribution is -0.125. The summed E-state index contributed by atoms with van der Waals surface area (Å²) in [5.41, 5.74) is 17.3. The maximum Gasteiger partial charge on any atom is 0.322 e. The van der Waals surface area contributed by atoms with E-state index in [0.717, 1.165) is 134 Å². The highest BCUT2D eigenvalue weighted by molar-refractivity contribution is 6.12. The second-order valence-electron chi connectivity index (χ2n) is 39.0. The molecule has 4 saturated heterocycles. The number of amides is 16. The Labute approximate surface area is 851 Å². The smallest absolute Gasteiger partial charge is 0.322 e. The average Bonchev–Trinajstić information content (AvgIpc) is 1.61. The van der Waals surface area contributed by atoms with Crippen molar-refractivity contribution in [2.24, 2.45) is 5.92 Å². The number of imidazole rings is 1. The van der Waals surface area contributed by atoms with Crippen LogP contribution >= 0.6 is 0 Å². The van der Waals surface area contributed by atoms with Gasteiger partial charge in [0, 0.05) is 83.4 Å². The lowest BCUT2D eigenvalue weighted by atomic mass is 9.87. The second-order valence-corrected chi connectivity index (χ2v) is 39.0. The number of aromatic amines is 2. The number of H-pyrrole nitrogens is 2. The summed E-state index contributed by atoms with van der Waals surface area (Å²) in [6.07, 6.45) is 9.97. The largest absolute Gasteiger partial charge is 0.497 e. The highest BCUT2D eigenvalue weighted by atomic mass is 16.5. The average molecular weight is 1990 g/mol. The summed E-state index contributed by atoms with van der Waals surface area (Å²) in [5.74, 6) is 0.326. The Morgan fingerprint density at radius 1 is 0.376 bits per heavy atom. The molecule has 1 aliphatic carbocycles. The van der Waals surface area contributed by atoms with Crippen molar-refractivity contribution in [1.29, 1.82) is 0 Å². The van der Waals surface area contributed by atoms with Crippen LogP contribution in [0.25, 0.3) is 88.2 Å². The number of rotatable bonds is 23. The van der Waals surface area contributed by atoms with Crippen molar-refractivity contribution in [3.63, 3.8) is 0 Å². The van der Waals surface area contributed by atoms with Gasteiger partial charge in [-0.15, -0.1) is 0 Å². The highest BCUT2D eigenvalue weighted by Gasteiger charge is 2.55. The molecule has 36 heteroatoms. The highest BCUT2D eigenvalue weighted by Crippen LogP contribution is 2.43. The van der Waals surface area contributed by atoms with E-state index in [-0.39, 0.29) is 55.8 Å². The number of nitrogens with zero attached hydrogens (tertiary/aromatic N) is 10. The van der Waals surface area contributed by atoms with Crippen LogP contribution in [0, 0.1) is 19.8 Å². The molecule has 748 valence electrons. The molecule has 16 amide bonds. The normalized spacial score (nSPS) is 19.3. The number of hydrogen-bond acceptors (Lipinski definition) is 20. The van der Waals surface area contributed by atoms with E-state index < -0.39 is 69.9 Å². The topological polar surface area (TPSA) is 444 Å². The van der Waals surface area contributed by atoms with Gasteiger partial charge in [-0.2, -0.15) is 15.3 Å². The van der Waals surface area contributed by atoms with Gasteiger partial charge in [0.25, 0.3) is 47.3 Å². The number of nitrogens with one attached hydrogen (secondary N) is 10. The van der Waals surface area contributed by atoms with Crippen LogP contribution in [0.1, 0.15) is 130 Å². The molecule has 10 N–H and O–H groups in total. The van der Waals surface area contributed by atoms with E-state index in [0.29, 0.717) is 93.7 Å². The molecule has 8 aliphatic heterocycles. The van der Waals surface area contributed by atoms with Gasteiger partial charge >= 0.3 is 24.1 Å². The summed E-state index contributed by atoms with van der Waals surface area (Å²) in [5, 5.41) is 40.0. The summed E-state index contributed by atoms with van der Waals surface area (Å²) in [6.45, 7) is 10.5. The maximum atomic E-state index is 13.2. The maximum absolute atomic E-state index is 13.2. The van der Waals surface area contributed by atoms with E-state index in [4.69, 9.17) is 24.0 Å². The summed E-state index contributed by atoms with van der Waals surface area (Å²) in [4.78, 5) is 168. The summed E-state index contributed by atoms with van der Waals surface area (Å²) >= 11 is 0. The van der Waals surface area contributed by atoms with Gasteiger partial charge in [0.05, 0.1) is 101 Å². The van der Waals surface area contributed by atoms with Crippen LogP contribution in [0.3, 0.4) is 0 Å². The summed E-state index contributed by atoms with van der Waals surface area (Å²) in [7, 11) is 6.19. The molecule has 12 heterocycles. The number of ether oxygens (including phenoxy) is 4. The molecule has 5 fully saturated rings. The van der Waals surface area contributed by atoms with Gasteiger partial charge in [-0.25, -0.2) is 24.2 Å². The van der Waals surface area contributed by atoms with Crippen LogP contribution in [0.4, 0.5) is 19.2 Å². The van der Waals surface area contributed by atoms with Crippen LogP contribution in [0.5, 0.6) is 23.0 Å². The van der Waals surface area contributed by atoms with E-state index in [9.17, 15) is 57.5 Å². The van der Waals surface area contributed by atoms with Gasteiger partial charge in [0.1, 0.15) is 23.0 Å². The summed E-state index contributed by atoms with van der Waals surface area (Å²) in [6, 6.07) is 70.0. The first-order valence-electron chi connectivity index (χ1n) is 48.6. The number of carbonyl (C=O) groups excluding carboxylic acids is 12. The molecular formula is C113H100N20O16. The number of carbonyl (C=O) groups is 12. The zero-order valence-electron chi connectivity index (χ0n) is 82.2. The molecule has 16 aromatic rings. The number of urea groups is 4. The molecule has 4 atom stereocenters. The lowest BCUT2D eigenvalue weighted by Gasteiger charge is -2.31. The fourth-order valence-corrected chi connectivity index (χ4v) is 21.3. The number of fused-ring (bicyclic) bond motifs is 8. The van der Waals surface area contributed by atoms with Crippen molar-refractivity contribution in [2.45, 2.75) is 101 Å². The van der Waals surface area contributed by atoms with Gasteiger partial charge in [-0.1, -0.05) is 133 Å². The number of hydrogen-bond donors (Lipinski definition) is 10. The van der Waals surface area contributed by atoms with E-state index in [1.165, 1.54) is 12.8 Å². The zero-order valence-corrected chi connectivity index (χ0v) is 82.2. The Hall–Kier alpha value is -18.6. The molecule has 149 heavy (non-hydrogen) atoms. The molecule has 36 nitrogen and oxygen atoms in total. The number of aryl methyl sites for hydroxylation is 2. The summed E-state index contributed by atoms with van der Waals surface area (Å²) < 4.78 is 25.1. The fourth-order valence-electron chi connectivity index (χ4n) is 21.3. The third-order valence-electron chi connectivity index (χ3n) is 29.3. The van der Waals surface area contributed by atoms with Crippen LogP contribution in [0.2, 0.25) is 0 Å². The first-order chi connectivity index (χ1) is 71.9. The molecule has 0 spiro atoms. The van der Waals surface area contributed by atoms with Gasteiger partial charge in [0.15, 0.2) is 22.2 Å². The number of methoxy groups -OCH3 is 4. The zero-order chi connectivity index (χ0) is 103. The number of benzene rings is 12. The third kappa shape index (κ3) is 17.4. The van der Waals surface area contributed by atoms with Crippen molar-refractivity contribution in [2.75, 3.05) is 54.6 Å². The molecule has 4 aromatic heterocycles. The van der Waals surface area contributed by atoms with E-state index >= 15 is 0 Å². The molecule has 1 saturated carbocycles. The lowest BCUT2D eigenvalue weighted by Crippen LogP contribution is -2.52. The van der Waals surface area contributed by atoms with Crippen LogP contribution in [0.15, 0.2) is 255 Å². The minimum Gasteiger partial charge on any atom is -0.497 e. The van der Waals surface area contributed by atoms with Crippen molar-refractivity contribution < 1.29 is 76.5 Å².